The standard InChI is InChI=1S/C30H43N9O3/c1-2-41-25-10-6-5-9-24(25)35-30(40)42-38-17-15-22(16-18-38)33-27-26-28(39(19-32-26)23-7-3-4-8-23)37-29(36-27)34-21-13-11-20(31)12-14-21/h5-6,9-10,19-23H,2-4,7-8,11-18,31H2,1H3,(H,35,40)(H2,33,34,36,37)/t20-,21-. The zero-order valence-corrected chi connectivity index (χ0v) is 24.4. The van der Waals surface area contributed by atoms with E-state index in [4.69, 9.17) is 30.3 Å². The Kier molecular flexibility index (Phi) is 8.90. The summed E-state index contributed by atoms with van der Waals surface area (Å²) in [5.41, 5.74) is 8.42. The van der Waals surface area contributed by atoms with Crippen LogP contribution in [0.4, 0.5) is 22.2 Å². The Morgan fingerprint density at radius 2 is 1.71 bits per heavy atom. The molecule has 6 rings (SSSR count). The lowest BCUT2D eigenvalue weighted by Gasteiger charge is -2.31. The predicted octanol–water partition coefficient (Wildman–Crippen LogP) is 5.06. The van der Waals surface area contributed by atoms with Gasteiger partial charge >= 0.3 is 6.09 Å². The van der Waals surface area contributed by atoms with Gasteiger partial charge < -0.3 is 30.5 Å². The SMILES string of the molecule is CCOc1ccccc1NC(=O)ON1CCC(Nc2nc(N[C@H]3CC[C@H](N)CC3)nc3c2ncn3C2CCCC2)CC1. The van der Waals surface area contributed by atoms with Crippen LogP contribution in [0.2, 0.25) is 0 Å². The molecule has 1 aliphatic heterocycles. The number of carbonyl (C=O) groups is 1. The van der Waals surface area contributed by atoms with Crippen LogP contribution in [-0.2, 0) is 4.84 Å². The summed E-state index contributed by atoms with van der Waals surface area (Å²) in [5, 5.41) is 11.8. The molecule has 3 fully saturated rings. The summed E-state index contributed by atoms with van der Waals surface area (Å²) in [4.78, 5) is 32.9. The number of benzene rings is 1. The summed E-state index contributed by atoms with van der Waals surface area (Å²) in [6.07, 6.45) is 11.9. The van der Waals surface area contributed by atoms with Crippen LogP contribution in [0.15, 0.2) is 30.6 Å². The number of fused-ring (bicyclic) bond motifs is 1. The number of hydrogen-bond donors (Lipinski definition) is 4. The molecule has 3 aliphatic rings. The number of hydrogen-bond acceptors (Lipinski definition) is 10. The van der Waals surface area contributed by atoms with Gasteiger partial charge in [-0.05, 0) is 70.4 Å². The van der Waals surface area contributed by atoms with Crippen LogP contribution in [-0.4, -0.2) is 68.5 Å². The second-order valence-corrected chi connectivity index (χ2v) is 11.7. The van der Waals surface area contributed by atoms with E-state index in [0.717, 1.165) is 68.3 Å². The van der Waals surface area contributed by atoms with Crippen LogP contribution in [0.3, 0.4) is 0 Å². The Balaban J connectivity index is 1.10. The van der Waals surface area contributed by atoms with Gasteiger partial charge in [-0.25, -0.2) is 9.78 Å². The number of carbonyl (C=O) groups excluding carboxylic acids is 1. The van der Waals surface area contributed by atoms with E-state index in [1.165, 1.54) is 12.8 Å². The van der Waals surface area contributed by atoms with E-state index in [9.17, 15) is 4.79 Å². The Morgan fingerprint density at radius 3 is 2.48 bits per heavy atom. The third-order valence-electron chi connectivity index (χ3n) is 8.67. The van der Waals surface area contributed by atoms with Gasteiger partial charge in [-0.2, -0.15) is 9.97 Å². The average Bonchev–Trinajstić information content (AvgIpc) is 3.67. The van der Waals surface area contributed by atoms with Gasteiger partial charge in [0, 0.05) is 37.3 Å². The van der Waals surface area contributed by atoms with Crippen LogP contribution < -0.4 is 26.4 Å². The van der Waals surface area contributed by atoms with Crippen LogP contribution in [0.1, 0.15) is 77.2 Å². The van der Waals surface area contributed by atoms with Crippen molar-refractivity contribution in [1.82, 2.24) is 24.6 Å². The molecule has 0 atom stereocenters. The summed E-state index contributed by atoms with van der Waals surface area (Å²) < 4.78 is 7.84. The molecular formula is C30H43N9O3. The maximum absolute atomic E-state index is 12.6. The predicted molar refractivity (Wildman–Crippen MR) is 163 cm³/mol. The van der Waals surface area contributed by atoms with Crippen LogP contribution >= 0.6 is 0 Å². The molecule has 1 saturated heterocycles. The first-order valence-corrected chi connectivity index (χ1v) is 15.5. The maximum atomic E-state index is 12.6. The maximum Gasteiger partial charge on any atom is 0.430 e. The summed E-state index contributed by atoms with van der Waals surface area (Å²) in [5.74, 6) is 2.03. The van der Waals surface area contributed by atoms with Gasteiger partial charge in [-0.1, -0.05) is 25.0 Å². The number of nitrogens with two attached hydrogens (primary N) is 1. The number of rotatable bonds is 9. The van der Waals surface area contributed by atoms with E-state index in [-0.39, 0.29) is 6.04 Å². The minimum atomic E-state index is -0.525. The number of aromatic nitrogens is 4. The second-order valence-electron chi connectivity index (χ2n) is 11.7. The minimum absolute atomic E-state index is 0.168. The van der Waals surface area contributed by atoms with Crippen molar-refractivity contribution in [3.63, 3.8) is 0 Å². The van der Waals surface area contributed by atoms with Gasteiger partial charge in [-0.3, -0.25) is 5.32 Å². The van der Waals surface area contributed by atoms with Crippen molar-refractivity contribution in [2.75, 3.05) is 35.6 Å². The lowest BCUT2D eigenvalue weighted by atomic mass is 9.92. The third kappa shape index (κ3) is 6.70. The molecule has 12 nitrogen and oxygen atoms in total. The lowest BCUT2D eigenvalue weighted by Crippen LogP contribution is -2.41. The number of anilines is 3. The van der Waals surface area contributed by atoms with Crippen molar-refractivity contribution in [2.45, 2.75) is 95.3 Å². The topological polar surface area (TPSA) is 144 Å². The molecule has 226 valence electrons. The van der Waals surface area contributed by atoms with Gasteiger partial charge in [-0.15, -0.1) is 5.06 Å². The van der Waals surface area contributed by atoms with E-state index in [1.54, 1.807) is 11.1 Å². The highest BCUT2D eigenvalue weighted by Crippen LogP contribution is 2.34. The summed E-state index contributed by atoms with van der Waals surface area (Å²) in [6.45, 7) is 3.64. The quantitative estimate of drug-likeness (QED) is 0.272. The molecule has 2 saturated carbocycles. The molecule has 3 heterocycles. The number of para-hydroxylation sites is 2. The first-order chi connectivity index (χ1) is 20.6. The summed E-state index contributed by atoms with van der Waals surface area (Å²) in [6, 6.07) is 8.56. The van der Waals surface area contributed by atoms with Crippen LogP contribution in [0, 0.1) is 0 Å². The van der Waals surface area contributed by atoms with E-state index in [2.05, 4.69) is 20.5 Å². The number of amides is 1. The van der Waals surface area contributed by atoms with Crippen molar-refractivity contribution in [3.05, 3.63) is 30.6 Å². The number of imidazole rings is 1. The average molecular weight is 578 g/mol. The molecule has 3 aromatic rings. The Bertz CT molecular complexity index is 1340. The fourth-order valence-corrected chi connectivity index (χ4v) is 6.36. The zero-order chi connectivity index (χ0) is 28.9. The number of nitrogens with zero attached hydrogens (tertiary/aromatic N) is 5. The molecule has 12 heteroatoms. The van der Waals surface area contributed by atoms with Gasteiger partial charge in [0.15, 0.2) is 17.0 Å². The van der Waals surface area contributed by atoms with E-state index < -0.39 is 6.09 Å². The molecule has 42 heavy (non-hydrogen) atoms. The number of ether oxygens (including phenoxy) is 1. The van der Waals surface area contributed by atoms with Gasteiger partial charge in [0.05, 0.1) is 18.6 Å². The van der Waals surface area contributed by atoms with Crippen molar-refractivity contribution in [2.24, 2.45) is 5.73 Å². The first-order valence-electron chi connectivity index (χ1n) is 15.5. The largest absolute Gasteiger partial charge is 0.492 e. The summed E-state index contributed by atoms with van der Waals surface area (Å²) >= 11 is 0. The molecule has 5 N–H and O–H groups in total. The number of hydroxylamine groups is 2. The molecule has 2 aromatic heterocycles. The summed E-state index contributed by atoms with van der Waals surface area (Å²) in [7, 11) is 0. The normalized spacial score (nSPS) is 22.2. The molecule has 1 amide bonds. The molecule has 2 aliphatic carbocycles. The highest BCUT2D eigenvalue weighted by molar-refractivity contribution is 5.86. The first kappa shape index (κ1) is 28.5. The van der Waals surface area contributed by atoms with Crippen molar-refractivity contribution in [1.29, 1.82) is 0 Å². The monoisotopic (exact) mass is 577 g/mol. The number of nitrogens with one attached hydrogen (secondary N) is 3. The smallest absolute Gasteiger partial charge is 0.430 e. The van der Waals surface area contributed by atoms with Crippen LogP contribution in [0.25, 0.3) is 11.2 Å². The zero-order valence-electron chi connectivity index (χ0n) is 24.4. The second kappa shape index (κ2) is 13.1. The van der Waals surface area contributed by atoms with Crippen LogP contribution in [0.5, 0.6) is 5.75 Å². The Labute approximate surface area is 246 Å². The highest BCUT2D eigenvalue weighted by Gasteiger charge is 2.27. The fraction of sp³-hybridized carbons (Fsp3) is 0.600. The van der Waals surface area contributed by atoms with Gasteiger partial charge in [0.2, 0.25) is 5.95 Å². The van der Waals surface area contributed by atoms with Crippen molar-refractivity contribution >= 4 is 34.7 Å². The third-order valence-corrected chi connectivity index (χ3v) is 8.67. The Hall–Kier alpha value is -3.64. The van der Waals surface area contributed by atoms with E-state index in [1.807, 2.05) is 31.5 Å². The molecule has 0 unspecified atom stereocenters. The highest BCUT2D eigenvalue weighted by atomic mass is 16.7. The molecule has 0 bridgehead atoms. The lowest BCUT2D eigenvalue weighted by molar-refractivity contribution is -0.107. The molecule has 1 aromatic carbocycles. The van der Waals surface area contributed by atoms with Gasteiger partial charge in [0.1, 0.15) is 5.75 Å². The molecular weight excluding hydrogens is 534 g/mol. The Morgan fingerprint density at radius 1 is 0.976 bits per heavy atom. The van der Waals surface area contributed by atoms with E-state index >= 15 is 0 Å². The minimum Gasteiger partial charge on any atom is -0.492 e. The van der Waals surface area contributed by atoms with Crippen molar-refractivity contribution in [3.8, 4) is 5.75 Å². The molecule has 0 radical (unpaired) electrons. The molecule has 0 spiro atoms. The van der Waals surface area contributed by atoms with Gasteiger partial charge in [0.25, 0.3) is 0 Å². The fourth-order valence-electron chi connectivity index (χ4n) is 6.36. The number of piperidine rings is 1. The van der Waals surface area contributed by atoms with Crippen molar-refractivity contribution < 1.29 is 14.4 Å². The van der Waals surface area contributed by atoms with E-state index in [0.29, 0.717) is 55.2 Å².